The number of hydrogen-bond donors (Lipinski definition) is 10. The quantitative estimate of drug-likeness (QED) is 0.145. The molecule has 18 nitrogen and oxygen atoms in total. The van der Waals surface area contributed by atoms with Gasteiger partial charge in [0.1, 0.15) is 36.6 Å². The van der Waals surface area contributed by atoms with Gasteiger partial charge >= 0.3 is 31.3 Å². The molecule has 8 atom stereocenters. The van der Waals surface area contributed by atoms with Gasteiger partial charge in [0.05, 0.1) is 0 Å². The van der Waals surface area contributed by atoms with Crippen LogP contribution in [0.1, 0.15) is 0 Å². The molecule has 10 N–H and O–H groups in total. The Hall–Kier alpha value is 0.360. The Kier molecular flexibility index (Phi) is 8.34. The monoisotopic (exact) mass is 500 g/mol. The van der Waals surface area contributed by atoms with Crippen molar-refractivity contribution < 1.29 is 85.7 Å². The molecule has 1 fully saturated rings. The second-order valence-electron chi connectivity index (χ2n) is 5.18. The summed E-state index contributed by atoms with van der Waals surface area (Å²) < 4.78 is 59.7. The van der Waals surface area contributed by atoms with Crippen molar-refractivity contribution in [3.05, 3.63) is 0 Å². The molecule has 0 aromatic carbocycles. The first-order valence-corrected chi connectivity index (χ1v) is 12.6. The van der Waals surface area contributed by atoms with E-state index in [4.69, 9.17) is 19.6 Å². The van der Waals surface area contributed by atoms with Crippen molar-refractivity contribution in [3.8, 4) is 0 Å². The third kappa shape index (κ3) is 7.89. The van der Waals surface area contributed by atoms with Gasteiger partial charge in [-0.15, -0.1) is 0 Å². The average molecular weight is 500 g/mol. The van der Waals surface area contributed by atoms with E-state index in [0.29, 0.717) is 0 Å². The molecule has 1 aliphatic rings. The van der Waals surface area contributed by atoms with Crippen LogP contribution in [-0.4, -0.2) is 86.4 Å². The molecule has 0 aromatic heterocycles. The first kappa shape index (κ1) is 26.4. The zero-order valence-corrected chi connectivity index (χ0v) is 16.6. The molecule has 0 heterocycles. The molecule has 0 amide bonds. The average Bonchev–Trinajstić information content (AvgIpc) is 2.41. The van der Waals surface area contributed by atoms with Crippen LogP contribution >= 0.6 is 31.3 Å². The molecule has 0 bridgehead atoms. The standard InChI is InChI=1S/C6H16O18P4/c7-1-2(8)4(10)6(22-28(19,20)24-26(14,15)16)5(3(1)9)21-27(17,18)23-25(11,12)13/h1-10H,(H,17,18)(H,19,20)(H2,11,12,13)(H2,14,15,16)/t1-,2+,3-,4-,5-,6-/m1/s1. The van der Waals surface area contributed by atoms with Crippen molar-refractivity contribution in [2.45, 2.75) is 36.6 Å². The molecule has 168 valence electrons. The predicted octanol–water partition coefficient (Wildman–Crippen LogP) is -3.37. The maximum absolute atomic E-state index is 11.6. The molecule has 28 heavy (non-hydrogen) atoms. The van der Waals surface area contributed by atoms with Gasteiger partial charge in [-0.05, 0) is 0 Å². The van der Waals surface area contributed by atoms with E-state index in [1.165, 1.54) is 0 Å². The zero-order chi connectivity index (χ0) is 22.3. The minimum Gasteiger partial charge on any atom is -0.387 e. The fourth-order valence-corrected chi connectivity index (χ4v) is 5.60. The molecule has 0 radical (unpaired) electrons. The van der Waals surface area contributed by atoms with Crippen LogP contribution in [0.4, 0.5) is 0 Å². The molecule has 1 saturated carbocycles. The lowest BCUT2D eigenvalue weighted by atomic mass is 9.85. The lowest BCUT2D eigenvalue weighted by Crippen LogP contribution is -2.64. The molecule has 0 aromatic rings. The van der Waals surface area contributed by atoms with Crippen LogP contribution in [0.3, 0.4) is 0 Å². The fraction of sp³-hybridized carbons (Fsp3) is 1.00. The highest BCUT2D eigenvalue weighted by molar-refractivity contribution is 7.61. The van der Waals surface area contributed by atoms with E-state index in [1.807, 2.05) is 0 Å². The van der Waals surface area contributed by atoms with E-state index >= 15 is 0 Å². The highest BCUT2D eigenvalue weighted by atomic mass is 31.3. The zero-order valence-electron chi connectivity index (χ0n) is 13.0. The summed E-state index contributed by atoms with van der Waals surface area (Å²) in [7, 11) is -23.0. The van der Waals surface area contributed by atoms with Crippen molar-refractivity contribution in [1.82, 2.24) is 0 Å². The van der Waals surface area contributed by atoms with Gasteiger partial charge in [0.15, 0.2) is 0 Å². The van der Waals surface area contributed by atoms with Crippen molar-refractivity contribution in [1.29, 1.82) is 0 Å². The van der Waals surface area contributed by atoms with Crippen molar-refractivity contribution in [2.24, 2.45) is 0 Å². The van der Waals surface area contributed by atoms with Crippen molar-refractivity contribution in [3.63, 3.8) is 0 Å². The Balaban J connectivity index is 3.23. The summed E-state index contributed by atoms with van der Waals surface area (Å²) in [6.07, 6.45) is -15.0. The van der Waals surface area contributed by atoms with E-state index in [9.17, 15) is 48.5 Å². The second kappa shape index (κ2) is 8.85. The Morgan fingerprint density at radius 2 is 0.750 bits per heavy atom. The first-order valence-electron chi connectivity index (χ1n) is 6.53. The first-order chi connectivity index (χ1) is 12.2. The van der Waals surface area contributed by atoms with Gasteiger partial charge in [-0.2, -0.15) is 8.62 Å². The number of hydrogen-bond acceptors (Lipinski definition) is 12. The molecular weight excluding hydrogens is 484 g/mol. The second-order valence-corrected chi connectivity index (χ2v) is 10.7. The maximum Gasteiger partial charge on any atom is 0.481 e. The Morgan fingerprint density at radius 1 is 0.500 bits per heavy atom. The lowest BCUT2D eigenvalue weighted by molar-refractivity contribution is -0.215. The third-order valence-corrected chi connectivity index (χ3v) is 7.35. The van der Waals surface area contributed by atoms with E-state index in [2.05, 4.69) is 17.7 Å². The predicted molar refractivity (Wildman–Crippen MR) is 79.7 cm³/mol. The van der Waals surface area contributed by atoms with Crippen LogP contribution in [0.25, 0.3) is 0 Å². The molecule has 0 aliphatic heterocycles. The fourth-order valence-electron chi connectivity index (χ4n) is 2.04. The van der Waals surface area contributed by atoms with Gasteiger partial charge in [0, 0.05) is 0 Å². The smallest absolute Gasteiger partial charge is 0.387 e. The van der Waals surface area contributed by atoms with Gasteiger partial charge in [-0.3, -0.25) is 9.05 Å². The minimum absolute atomic E-state index is 2.35. The number of aliphatic hydroxyl groups excluding tert-OH is 4. The summed E-state index contributed by atoms with van der Waals surface area (Å²) >= 11 is 0. The number of phosphoric ester groups is 2. The van der Waals surface area contributed by atoms with Crippen molar-refractivity contribution >= 4 is 31.3 Å². The SMILES string of the molecule is O=P(O)(O)OP(=O)(O)O[C@@H]1[C@H](O)[C@H](O)[C@H](O)[C@@H](O)[C@H]1OP(=O)(O)OP(=O)(O)O. The van der Waals surface area contributed by atoms with E-state index in [1.54, 1.807) is 0 Å². The van der Waals surface area contributed by atoms with Crippen molar-refractivity contribution in [2.75, 3.05) is 0 Å². The van der Waals surface area contributed by atoms with Gasteiger partial charge in [0.2, 0.25) is 0 Å². The molecule has 0 spiro atoms. The Labute approximate surface area is 154 Å². The summed E-state index contributed by atoms with van der Waals surface area (Å²) in [5, 5.41) is 38.8. The third-order valence-electron chi connectivity index (χ3n) is 2.98. The highest BCUT2D eigenvalue weighted by Crippen LogP contribution is 2.61. The lowest BCUT2D eigenvalue weighted by Gasteiger charge is -2.43. The number of phosphoric acid groups is 4. The topological polar surface area (TPSA) is 308 Å². The molecule has 1 aliphatic carbocycles. The van der Waals surface area contributed by atoms with E-state index in [0.717, 1.165) is 0 Å². The minimum atomic E-state index is -5.81. The molecule has 1 rings (SSSR count). The summed E-state index contributed by atoms with van der Waals surface area (Å²) in [5.41, 5.74) is 0. The largest absolute Gasteiger partial charge is 0.481 e. The highest BCUT2D eigenvalue weighted by Gasteiger charge is 2.55. The van der Waals surface area contributed by atoms with Crippen LogP contribution in [-0.2, 0) is 35.9 Å². The molecule has 22 heteroatoms. The van der Waals surface area contributed by atoms with Crippen LogP contribution in [0, 0.1) is 0 Å². The summed E-state index contributed by atoms with van der Waals surface area (Å²) in [4.78, 5) is 52.7. The van der Waals surface area contributed by atoms with Gasteiger partial charge in [-0.1, -0.05) is 0 Å². The summed E-state index contributed by atoms with van der Waals surface area (Å²) in [6.45, 7) is 0. The molecular formula is C6H16O18P4. The Bertz CT molecular complexity index is 676. The number of aliphatic hydroxyl groups is 4. The van der Waals surface area contributed by atoms with E-state index in [-0.39, 0.29) is 0 Å². The number of rotatable bonds is 8. The Morgan fingerprint density at radius 3 is 0.964 bits per heavy atom. The van der Waals surface area contributed by atoms with Gasteiger partial charge in [0.25, 0.3) is 0 Å². The van der Waals surface area contributed by atoms with Gasteiger partial charge in [-0.25, -0.2) is 18.3 Å². The summed E-state index contributed by atoms with van der Waals surface area (Å²) in [5.74, 6) is 0. The van der Waals surface area contributed by atoms with Crippen LogP contribution in [0.2, 0.25) is 0 Å². The van der Waals surface area contributed by atoms with Crippen LogP contribution < -0.4 is 0 Å². The maximum atomic E-state index is 11.6. The van der Waals surface area contributed by atoms with Gasteiger partial charge < -0.3 is 49.8 Å². The van der Waals surface area contributed by atoms with E-state index < -0.39 is 67.9 Å². The summed E-state index contributed by atoms with van der Waals surface area (Å²) in [6, 6.07) is 0. The molecule has 0 saturated heterocycles. The normalized spacial score (nSPS) is 36.5. The van der Waals surface area contributed by atoms with Crippen LogP contribution in [0.5, 0.6) is 0 Å². The molecule has 2 unspecified atom stereocenters. The van der Waals surface area contributed by atoms with Crippen LogP contribution in [0.15, 0.2) is 0 Å².